The highest BCUT2D eigenvalue weighted by atomic mass is 16.1. The average Bonchev–Trinajstić information content (AvgIpc) is 3.10. The SMILES string of the molecule is O=C(Nc1ccccc1)C1=C2N[C@H]3CCCC[C@@H]3N[C@@H](c3ccccc3)[C@H]2CC1. The standard InChI is InChI=1S/C25H29N3O/c29-25(26-18-11-5-2-6-12-18)20-16-15-19-23(17-9-3-1-4-10-17)27-21-13-7-8-14-22(21)28-24(19)20/h1-6,9-12,19,21-23,27-28H,7-8,13-16H2,(H,26,29)/t19-,21+,22+,23+/m1/s1. The summed E-state index contributed by atoms with van der Waals surface area (Å²) in [5.41, 5.74) is 4.30. The van der Waals surface area contributed by atoms with Crippen LogP contribution in [0.2, 0.25) is 0 Å². The van der Waals surface area contributed by atoms with E-state index < -0.39 is 0 Å². The van der Waals surface area contributed by atoms with E-state index in [4.69, 9.17) is 0 Å². The van der Waals surface area contributed by atoms with Crippen molar-refractivity contribution in [3.8, 4) is 0 Å². The number of hydrogen-bond acceptors (Lipinski definition) is 3. The van der Waals surface area contributed by atoms with Crippen molar-refractivity contribution in [1.29, 1.82) is 0 Å². The Balaban J connectivity index is 1.49. The molecule has 2 aromatic carbocycles. The van der Waals surface area contributed by atoms with Crippen LogP contribution in [-0.2, 0) is 4.79 Å². The first kappa shape index (κ1) is 18.4. The van der Waals surface area contributed by atoms with Gasteiger partial charge in [0.15, 0.2) is 0 Å². The van der Waals surface area contributed by atoms with E-state index in [-0.39, 0.29) is 11.9 Å². The zero-order valence-electron chi connectivity index (χ0n) is 16.7. The third-order valence-electron chi connectivity index (χ3n) is 6.77. The summed E-state index contributed by atoms with van der Waals surface area (Å²) in [5, 5.41) is 10.9. The molecule has 0 spiro atoms. The van der Waals surface area contributed by atoms with Crippen molar-refractivity contribution in [3.63, 3.8) is 0 Å². The first-order chi connectivity index (χ1) is 14.3. The van der Waals surface area contributed by atoms with Gasteiger partial charge in [-0.05, 0) is 43.4 Å². The number of para-hydroxylation sites is 1. The number of fused-ring (bicyclic) bond motifs is 2. The Kier molecular flexibility index (Phi) is 5.11. The largest absolute Gasteiger partial charge is 0.383 e. The van der Waals surface area contributed by atoms with Gasteiger partial charge in [-0.15, -0.1) is 0 Å². The fourth-order valence-electron chi connectivity index (χ4n) is 5.33. The lowest BCUT2D eigenvalue weighted by molar-refractivity contribution is -0.113. The second kappa shape index (κ2) is 8.03. The molecule has 0 radical (unpaired) electrons. The number of carbonyl (C=O) groups excluding carboxylic acids is 1. The van der Waals surface area contributed by atoms with Crippen molar-refractivity contribution in [2.45, 2.75) is 56.7 Å². The maximum absolute atomic E-state index is 13.2. The number of carbonyl (C=O) groups is 1. The lowest BCUT2D eigenvalue weighted by atomic mass is 9.88. The van der Waals surface area contributed by atoms with Crippen LogP contribution in [0.5, 0.6) is 0 Å². The predicted molar refractivity (Wildman–Crippen MR) is 116 cm³/mol. The first-order valence-electron chi connectivity index (χ1n) is 11.0. The van der Waals surface area contributed by atoms with Gasteiger partial charge in [0.1, 0.15) is 0 Å². The maximum Gasteiger partial charge on any atom is 0.253 e. The van der Waals surface area contributed by atoms with Crippen LogP contribution in [0.3, 0.4) is 0 Å². The monoisotopic (exact) mass is 387 g/mol. The van der Waals surface area contributed by atoms with Gasteiger partial charge in [-0.3, -0.25) is 4.79 Å². The Labute approximate surface area is 172 Å². The van der Waals surface area contributed by atoms with Gasteiger partial charge in [0.05, 0.1) is 0 Å². The third kappa shape index (κ3) is 3.69. The number of benzene rings is 2. The van der Waals surface area contributed by atoms with Crippen LogP contribution in [0.15, 0.2) is 71.9 Å². The van der Waals surface area contributed by atoms with Crippen LogP contribution < -0.4 is 16.0 Å². The predicted octanol–water partition coefficient (Wildman–Crippen LogP) is 4.53. The second-order valence-corrected chi connectivity index (χ2v) is 8.55. The Bertz CT molecular complexity index is 893. The molecule has 3 aliphatic rings. The Morgan fingerprint density at radius 1 is 0.862 bits per heavy atom. The zero-order chi connectivity index (χ0) is 19.6. The summed E-state index contributed by atoms with van der Waals surface area (Å²) in [6.07, 6.45) is 6.74. The van der Waals surface area contributed by atoms with E-state index in [2.05, 4.69) is 46.3 Å². The molecule has 29 heavy (non-hydrogen) atoms. The molecule has 4 atom stereocenters. The highest BCUT2D eigenvalue weighted by Crippen LogP contribution is 2.43. The van der Waals surface area contributed by atoms with Crippen molar-refractivity contribution >= 4 is 11.6 Å². The van der Waals surface area contributed by atoms with Gasteiger partial charge >= 0.3 is 0 Å². The summed E-state index contributed by atoms with van der Waals surface area (Å²) >= 11 is 0. The van der Waals surface area contributed by atoms with Gasteiger partial charge in [0.2, 0.25) is 0 Å². The van der Waals surface area contributed by atoms with E-state index in [0.717, 1.165) is 24.1 Å². The molecule has 4 nitrogen and oxygen atoms in total. The quantitative estimate of drug-likeness (QED) is 0.725. The topological polar surface area (TPSA) is 53.2 Å². The summed E-state index contributed by atoms with van der Waals surface area (Å²) in [7, 11) is 0. The van der Waals surface area contributed by atoms with Crippen LogP contribution in [-0.4, -0.2) is 18.0 Å². The van der Waals surface area contributed by atoms with E-state index in [1.165, 1.54) is 36.9 Å². The van der Waals surface area contributed by atoms with Crippen molar-refractivity contribution in [3.05, 3.63) is 77.5 Å². The number of hydrogen-bond donors (Lipinski definition) is 3. The summed E-state index contributed by atoms with van der Waals surface area (Å²) in [6, 6.07) is 21.7. The summed E-state index contributed by atoms with van der Waals surface area (Å²) in [5.74, 6) is 0.363. The molecule has 0 unspecified atom stereocenters. The normalized spacial score (nSPS) is 28.7. The molecule has 2 fully saturated rings. The molecule has 1 saturated heterocycles. The first-order valence-corrected chi connectivity index (χ1v) is 11.0. The molecule has 2 aliphatic carbocycles. The van der Waals surface area contributed by atoms with E-state index in [1.807, 2.05) is 30.3 Å². The van der Waals surface area contributed by atoms with Crippen LogP contribution in [0.1, 0.15) is 50.1 Å². The molecule has 2 aromatic rings. The van der Waals surface area contributed by atoms with E-state index >= 15 is 0 Å². The van der Waals surface area contributed by atoms with Crippen LogP contribution >= 0.6 is 0 Å². The van der Waals surface area contributed by atoms with E-state index in [0.29, 0.717) is 18.0 Å². The minimum atomic E-state index is 0.0438. The molecule has 1 amide bonds. The maximum atomic E-state index is 13.2. The highest BCUT2D eigenvalue weighted by molar-refractivity contribution is 6.04. The van der Waals surface area contributed by atoms with Crippen molar-refractivity contribution in [2.24, 2.45) is 5.92 Å². The molecule has 1 heterocycles. The van der Waals surface area contributed by atoms with Gasteiger partial charge in [-0.1, -0.05) is 61.4 Å². The summed E-state index contributed by atoms with van der Waals surface area (Å²) in [6.45, 7) is 0. The van der Waals surface area contributed by atoms with Crippen LogP contribution in [0, 0.1) is 5.92 Å². The van der Waals surface area contributed by atoms with Crippen LogP contribution in [0.4, 0.5) is 5.69 Å². The minimum absolute atomic E-state index is 0.0438. The lowest BCUT2D eigenvalue weighted by Crippen LogP contribution is -2.47. The molecule has 4 heteroatoms. The highest BCUT2D eigenvalue weighted by Gasteiger charge is 2.42. The molecule has 1 aliphatic heterocycles. The van der Waals surface area contributed by atoms with Crippen molar-refractivity contribution in [2.75, 3.05) is 5.32 Å². The molecule has 0 aromatic heterocycles. The van der Waals surface area contributed by atoms with Crippen molar-refractivity contribution in [1.82, 2.24) is 10.6 Å². The number of anilines is 1. The Morgan fingerprint density at radius 2 is 1.55 bits per heavy atom. The lowest BCUT2D eigenvalue weighted by Gasteiger charge is -2.33. The van der Waals surface area contributed by atoms with Gasteiger partial charge in [-0.25, -0.2) is 0 Å². The summed E-state index contributed by atoms with van der Waals surface area (Å²) in [4.78, 5) is 13.2. The van der Waals surface area contributed by atoms with Crippen molar-refractivity contribution < 1.29 is 4.79 Å². The molecule has 5 rings (SSSR count). The fraction of sp³-hybridized carbons (Fsp3) is 0.400. The zero-order valence-corrected chi connectivity index (χ0v) is 16.7. The fourth-order valence-corrected chi connectivity index (χ4v) is 5.33. The van der Waals surface area contributed by atoms with E-state index in [9.17, 15) is 4.79 Å². The smallest absolute Gasteiger partial charge is 0.253 e. The number of amides is 1. The summed E-state index contributed by atoms with van der Waals surface area (Å²) < 4.78 is 0. The molecule has 1 saturated carbocycles. The Morgan fingerprint density at radius 3 is 2.31 bits per heavy atom. The second-order valence-electron chi connectivity index (χ2n) is 8.55. The van der Waals surface area contributed by atoms with Gasteiger partial charge in [0.25, 0.3) is 5.91 Å². The molecule has 0 bridgehead atoms. The number of rotatable bonds is 3. The number of nitrogens with one attached hydrogen (secondary N) is 3. The average molecular weight is 388 g/mol. The van der Waals surface area contributed by atoms with Gasteiger partial charge in [-0.2, -0.15) is 0 Å². The third-order valence-corrected chi connectivity index (χ3v) is 6.77. The minimum Gasteiger partial charge on any atom is -0.383 e. The van der Waals surface area contributed by atoms with Crippen LogP contribution in [0.25, 0.3) is 0 Å². The molecular formula is C25H29N3O. The molecule has 150 valence electrons. The molecule has 3 N–H and O–H groups in total. The van der Waals surface area contributed by atoms with Gasteiger partial charge < -0.3 is 16.0 Å². The van der Waals surface area contributed by atoms with Gasteiger partial charge in [0, 0.05) is 41.0 Å². The van der Waals surface area contributed by atoms with E-state index in [1.54, 1.807) is 0 Å². The molecular weight excluding hydrogens is 358 g/mol. The Hall–Kier alpha value is -2.59.